The van der Waals surface area contributed by atoms with Crippen LogP contribution < -0.4 is 4.90 Å². The highest BCUT2D eigenvalue weighted by Crippen LogP contribution is 2.28. The first kappa shape index (κ1) is 14.4. The van der Waals surface area contributed by atoms with Gasteiger partial charge in [-0.25, -0.2) is 4.79 Å². The molecule has 20 heavy (non-hydrogen) atoms. The maximum absolute atomic E-state index is 12.1. The number of hydrogen-bond donors (Lipinski definition) is 1. The minimum atomic E-state index is -0.981. The Morgan fingerprint density at radius 1 is 1.30 bits per heavy atom. The smallest absolute Gasteiger partial charge is 0.408 e. The Bertz CT molecular complexity index is 508. The van der Waals surface area contributed by atoms with Crippen molar-refractivity contribution in [1.82, 2.24) is 4.90 Å². The lowest BCUT2D eigenvalue weighted by Gasteiger charge is -2.37. The molecule has 1 heterocycles. The van der Waals surface area contributed by atoms with Crippen molar-refractivity contribution in [3.8, 4) is 0 Å². The van der Waals surface area contributed by atoms with E-state index in [1.54, 1.807) is 4.90 Å². The third-order valence-corrected chi connectivity index (χ3v) is 3.47. The highest BCUT2D eigenvalue weighted by atomic mass is 16.4. The predicted octanol–water partition coefficient (Wildman–Crippen LogP) is 2.57. The van der Waals surface area contributed by atoms with Gasteiger partial charge in [-0.1, -0.05) is 18.2 Å². The molecular weight excluding hydrogens is 256 g/mol. The fourth-order valence-electron chi connectivity index (χ4n) is 2.71. The second-order valence-electron chi connectivity index (χ2n) is 6.02. The largest absolute Gasteiger partial charge is 0.465 e. The van der Waals surface area contributed by atoms with E-state index in [9.17, 15) is 14.7 Å². The Balaban J connectivity index is 2.22. The molecular formula is C15H20N2O3. The van der Waals surface area contributed by atoms with Crippen molar-refractivity contribution in [3.05, 3.63) is 30.3 Å². The van der Waals surface area contributed by atoms with Gasteiger partial charge in [0.2, 0.25) is 5.91 Å². The molecule has 0 aliphatic carbocycles. The fraction of sp³-hybridized carbons (Fsp3) is 0.467. The summed E-state index contributed by atoms with van der Waals surface area (Å²) >= 11 is 0. The van der Waals surface area contributed by atoms with Crippen molar-refractivity contribution in [2.45, 2.75) is 38.8 Å². The van der Waals surface area contributed by atoms with Gasteiger partial charge in [0, 0.05) is 24.2 Å². The summed E-state index contributed by atoms with van der Waals surface area (Å²) in [6, 6.07) is 9.05. The van der Waals surface area contributed by atoms with Crippen LogP contribution in [0.3, 0.4) is 0 Å². The highest BCUT2D eigenvalue weighted by molar-refractivity contribution is 5.96. The van der Waals surface area contributed by atoms with Crippen LogP contribution in [0.15, 0.2) is 30.3 Å². The monoisotopic (exact) mass is 276 g/mol. The van der Waals surface area contributed by atoms with Crippen molar-refractivity contribution in [3.63, 3.8) is 0 Å². The second-order valence-corrected chi connectivity index (χ2v) is 6.02. The van der Waals surface area contributed by atoms with E-state index >= 15 is 0 Å². The molecule has 0 aromatic heterocycles. The van der Waals surface area contributed by atoms with E-state index < -0.39 is 11.6 Å². The number of nitrogens with zero attached hydrogens (tertiary/aromatic N) is 2. The zero-order chi connectivity index (χ0) is 14.9. The highest BCUT2D eigenvalue weighted by Gasteiger charge is 2.41. The first-order valence-corrected chi connectivity index (χ1v) is 6.68. The molecule has 2 rings (SSSR count). The SMILES string of the molecule is CC(C)(C)N(C(=O)O)[C@@H]1CC(=O)N(c2ccccc2)C1. The summed E-state index contributed by atoms with van der Waals surface area (Å²) in [7, 11) is 0. The molecule has 1 aromatic rings. The van der Waals surface area contributed by atoms with Crippen molar-refractivity contribution in [1.29, 1.82) is 0 Å². The van der Waals surface area contributed by atoms with Gasteiger partial charge >= 0.3 is 6.09 Å². The van der Waals surface area contributed by atoms with Crippen molar-refractivity contribution >= 4 is 17.7 Å². The molecule has 1 aliphatic heterocycles. The lowest BCUT2D eigenvalue weighted by molar-refractivity contribution is -0.117. The molecule has 2 amide bonds. The van der Waals surface area contributed by atoms with E-state index in [0.717, 1.165) is 5.69 Å². The number of carboxylic acid groups (broad SMARTS) is 1. The van der Waals surface area contributed by atoms with Crippen LogP contribution in [0.5, 0.6) is 0 Å². The first-order chi connectivity index (χ1) is 9.30. The summed E-state index contributed by atoms with van der Waals surface area (Å²) in [6.45, 7) is 5.94. The molecule has 5 nitrogen and oxygen atoms in total. The Hall–Kier alpha value is -2.04. The van der Waals surface area contributed by atoms with Crippen molar-refractivity contribution < 1.29 is 14.7 Å². The number of rotatable bonds is 2. The fourth-order valence-corrected chi connectivity index (χ4v) is 2.71. The Labute approximate surface area is 118 Å². The van der Waals surface area contributed by atoms with Gasteiger partial charge in [-0.15, -0.1) is 0 Å². The topological polar surface area (TPSA) is 60.9 Å². The molecule has 0 saturated carbocycles. The quantitative estimate of drug-likeness (QED) is 0.903. The molecule has 1 aliphatic rings. The van der Waals surface area contributed by atoms with Crippen LogP contribution in [0.2, 0.25) is 0 Å². The van der Waals surface area contributed by atoms with Crippen LogP contribution in [0.4, 0.5) is 10.5 Å². The van der Waals surface area contributed by atoms with Gasteiger partial charge in [-0.05, 0) is 32.9 Å². The normalized spacial score (nSPS) is 19.2. The zero-order valence-corrected chi connectivity index (χ0v) is 12.0. The summed E-state index contributed by atoms with van der Waals surface area (Å²) in [6.07, 6.45) is -0.747. The predicted molar refractivity (Wildman–Crippen MR) is 76.8 cm³/mol. The van der Waals surface area contributed by atoms with Crippen LogP contribution in [-0.2, 0) is 4.79 Å². The van der Waals surface area contributed by atoms with E-state index in [1.165, 1.54) is 4.90 Å². The van der Waals surface area contributed by atoms with Gasteiger partial charge in [0.1, 0.15) is 0 Å². The number of amides is 2. The number of para-hydroxylation sites is 1. The lowest BCUT2D eigenvalue weighted by atomic mass is 10.0. The molecule has 0 spiro atoms. The molecule has 1 N–H and O–H groups in total. The van der Waals surface area contributed by atoms with E-state index in [4.69, 9.17) is 0 Å². The summed E-state index contributed by atoms with van der Waals surface area (Å²) in [5.74, 6) is -0.0308. The first-order valence-electron chi connectivity index (χ1n) is 6.68. The van der Waals surface area contributed by atoms with Crippen LogP contribution in [0.25, 0.3) is 0 Å². The molecule has 1 fully saturated rings. The maximum atomic E-state index is 12.1. The van der Waals surface area contributed by atoms with E-state index in [1.807, 2.05) is 51.1 Å². The maximum Gasteiger partial charge on any atom is 0.408 e. The minimum Gasteiger partial charge on any atom is -0.465 e. The summed E-state index contributed by atoms with van der Waals surface area (Å²) < 4.78 is 0. The minimum absolute atomic E-state index is 0.0308. The van der Waals surface area contributed by atoms with E-state index in [-0.39, 0.29) is 18.4 Å². The number of hydrogen-bond acceptors (Lipinski definition) is 2. The van der Waals surface area contributed by atoms with Gasteiger partial charge < -0.3 is 10.0 Å². The van der Waals surface area contributed by atoms with E-state index in [0.29, 0.717) is 6.54 Å². The molecule has 0 unspecified atom stereocenters. The Morgan fingerprint density at radius 3 is 2.40 bits per heavy atom. The third kappa shape index (κ3) is 2.76. The average molecular weight is 276 g/mol. The number of benzene rings is 1. The molecule has 1 atom stereocenters. The standard InChI is InChI=1S/C15H20N2O3/c1-15(2,3)17(14(19)20)12-9-13(18)16(10-12)11-7-5-4-6-8-11/h4-8,12H,9-10H2,1-3H3,(H,19,20)/t12-/m1/s1. The van der Waals surface area contributed by atoms with Gasteiger partial charge in [0.25, 0.3) is 0 Å². The van der Waals surface area contributed by atoms with Crippen molar-refractivity contribution in [2.24, 2.45) is 0 Å². The van der Waals surface area contributed by atoms with Crippen LogP contribution in [0, 0.1) is 0 Å². The number of carbonyl (C=O) groups is 2. The molecule has 0 bridgehead atoms. The summed E-state index contributed by atoms with van der Waals surface area (Å²) in [5, 5.41) is 9.41. The van der Waals surface area contributed by atoms with Crippen molar-refractivity contribution in [2.75, 3.05) is 11.4 Å². The summed E-state index contributed by atoms with van der Waals surface area (Å²) in [4.78, 5) is 26.7. The summed E-state index contributed by atoms with van der Waals surface area (Å²) in [5.41, 5.74) is 0.294. The lowest BCUT2D eigenvalue weighted by Crippen LogP contribution is -2.52. The Morgan fingerprint density at radius 2 is 1.90 bits per heavy atom. The van der Waals surface area contributed by atoms with Gasteiger partial charge in [-0.3, -0.25) is 9.69 Å². The second kappa shape index (κ2) is 5.15. The van der Waals surface area contributed by atoms with Crippen LogP contribution >= 0.6 is 0 Å². The Kier molecular flexibility index (Phi) is 3.70. The van der Waals surface area contributed by atoms with Gasteiger partial charge in [0.05, 0.1) is 6.04 Å². The number of carbonyl (C=O) groups excluding carboxylic acids is 1. The molecule has 1 aromatic carbocycles. The molecule has 1 saturated heterocycles. The zero-order valence-electron chi connectivity index (χ0n) is 12.0. The average Bonchev–Trinajstić information content (AvgIpc) is 2.69. The van der Waals surface area contributed by atoms with Gasteiger partial charge in [0.15, 0.2) is 0 Å². The number of anilines is 1. The van der Waals surface area contributed by atoms with Crippen LogP contribution in [0.1, 0.15) is 27.2 Å². The molecule has 0 radical (unpaired) electrons. The van der Waals surface area contributed by atoms with Crippen LogP contribution in [-0.4, -0.2) is 40.1 Å². The van der Waals surface area contributed by atoms with Gasteiger partial charge in [-0.2, -0.15) is 0 Å². The molecule has 5 heteroatoms. The molecule has 108 valence electrons. The van der Waals surface area contributed by atoms with E-state index in [2.05, 4.69) is 0 Å². The third-order valence-electron chi connectivity index (χ3n) is 3.47.